The predicted molar refractivity (Wildman–Crippen MR) is 72.6 cm³/mol. The van der Waals surface area contributed by atoms with Crippen LogP contribution in [0.2, 0.25) is 0 Å². The summed E-state index contributed by atoms with van der Waals surface area (Å²) < 4.78 is 7.32. The highest BCUT2D eigenvalue weighted by atomic mass is 16.4. The normalized spacial score (nSPS) is 11.7. The SMILES string of the molecule is Cn1nc(-c2ccccc2)oc1=Nc1ccccc1. The Balaban J connectivity index is 2.06. The largest absolute Gasteiger partial charge is 0.403 e. The third-order valence-electron chi connectivity index (χ3n) is 2.71. The van der Waals surface area contributed by atoms with E-state index in [9.17, 15) is 0 Å². The monoisotopic (exact) mass is 251 g/mol. The Labute approximate surface area is 110 Å². The second-order valence-electron chi connectivity index (χ2n) is 4.13. The third kappa shape index (κ3) is 2.47. The van der Waals surface area contributed by atoms with E-state index < -0.39 is 0 Å². The summed E-state index contributed by atoms with van der Waals surface area (Å²) in [5.74, 6) is 0.567. The van der Waals surface area contributed by atoms with Gasteiger partial charge >= 0.3 is 5.68 Å². The summed E-state index contributed by atoms with van der Waals surface area (Å²) in [6, 6.07) is 19.4. The number of aryl methyl sites for hydroxylation is 1. The van der Waals surface area contributed by atoms with Crippen LogP contribution >= 0.6 is 0 Å². The minimum Gasteiger partial charge on any atom is -0.403 e. The van der Waals surface area contributed by atoms with Gasteiger partial charge in [0.1, 0.15) is 0 Å². The van der Waals surface area contributed by atoms with Crippen LogP contribution < -0.4 is 5.68 Å². The topological polar surface area (TPSA) is 43.3 Å². The molecule has 0 atom stereocenters. The lowest BCUT2D eigenvalue weighted by atomic mass is 10.2. The summed E-state index contributed by atoms with van der Waals surface area (Å²) >= 11 is 0. The number of rotatable bonds is 2. The maximum absolute atomic E-state index is 5.69. The first kappa shape index (κ1) is 11.5. The van der Waals surface area contributed by atoms with Gasteiger partial charge in [0.25, 0.3) is 0 Å². The number of hydrogen-bond acceptors (Lipinski definition) is 3. The molecule has 94 valence electrons. The minimum absolute atomic E-state index is 0.477. The Hall–Kier alpha value is -2.62. The van der Waals surface area contributed by atoms with Crippen LogP contribution in [-0.4, -0.2) is 9.78 Å². The molecule has 0 saturated heterocycles. The van der Waals surface area contributed by atoms with Crippen LogP contribution in [0.25, 0.3) is 11.5 Å². The predicted octanol–water partition coefficient (Wildman–Crippen LogP) is 2.91. The van der Waals surface area contributed by atoms with Gasteiger partial charge < -0.3 is 4.42 Å². The molecule has 0 spiro atoms. The first-order chi connectivity index (χ1) is 9.33. The van der Waals surface area contributed by atoms with Crippen molar-refractivity contribution in [2.45, 2.75) is 0 Å². The van der Waals surface area contributed by atoms with E-state index in [2.05, 4.69) is 10.1 Å². The summed E-state index contributed by atoms with van der Waals surface area (Å²) in [6.45, 7) is 0. The smallest absolute Gasteiger partial charge is 0.320 e. The maximum atomic E-state index is 5.69. The van der Waals surface area contributed by atoms with E-state index in [1.54, 1.807) is 4.68 Å². The Bertz CT molecular complexity index is 727. The first-order valence-electron chi connectivity index (χ1n) is 6.02. The van der Waals surface area contributed by atoms with Crippen LogP contribution in [-0.2, 0) is 7.05 Å². The van der Waals surface area contributed by atoms with Crippen molar-refractivity contribution >= 4 is 5.69 Å². The van der Waals surface area contributed by atoms with Crippen molar-refractivity contribution < 1.29 is 4.42 Å². The molecule has 0 bridgehead atoms. The van der Waals surface area contributed by atoms with Gasteiger partial charge in [0.05, 0.1) is 5.69 Å². The van der Waals surface area contributed by atoms with Gasteiger partial charge in [-0.05, 0) is 24.3 Å². The fraction of sp³-hybridized carbons (Fsp3) is 0.0667. The highest BCUT2D eigenvalue weighted by Crippen LogP contribution is 2.14. The molecule has 4 nitrogen and oxygen atoms in total. The molecule has 4 heteroatoms. The molecule has 0 saturated carbocycles. The lowest BCUT2D eigenvalue weighted by Gasteiger charge is -1.90. The molecular weight excluding hydrogens is 238 g/mol. The maximum Gasteiger partial charge on any atom is 0.320 e. The zero-order chi connectivity index (χ0) is 13.1. The van der Waals surface area contributed by atoms with Crippen LogP contribution in [0.15, 0.2) is 70.1 Å². The molecule has 1 aromatic heterocycles. The van der Waals surface area contributed by atoms with Crippen molar-refractivity contribution in [1.29, 1.82) is 0 Å². The van der Waals surface area contributed by atoms with Gasteiger partial charge in [-0.2, -0.15) is 4.99 Å². The van der Waals surface area contributed by atoms with Crippen molar-refractivity contribution in [3.8, 4) is 11.5 Å². The number of para-hydroxylation sites is 1. The molecule has 0 fully saturated rings. The Morgan fingerprint density at radius 2 is 1.58 bits per heavy atom. The molecule has 0 aliphatic heterocycles. The van der Waals surface area contributed by atoms with E-state index in [4.69, 9.17) is 4.42 Å². The molecule has 0 amide bonds. The van der Waals surface area contributed by atoms with Gasteiger partial charge in [-0.25, -0.2) is 4.68 Å². The molecule has 0 unspecified atom stereocenters. The molecule has 0 aliphatic rings. The van der Waals surface area contributed by atoms with Gasteiger partial charge in [0, 0.05) is 12.6 Å². The fourth-order valence-electron chi connectivity index (χ4n) is 1.76. The number of benzene rings is 2. The summed E-state index contributed by atoms with van der Waals surface area (Å²) in [4.78, 5) is 4.42. The van der Waals surface area contributed by atoms with Gasteiger partial charge in [-0.3, -0.25) is 0 Å². The van der Waals surface area contributed by atoms with E-state index in [-0.39, 0.29) is 0 Å². The van der Waals surface area contributed by atoms with Crippen LogP contribution in [0, 0.1) is 0 Å². The lowest BCUT2D eigenvalue weighted by Crippen LogP contribution is -2.12. The summed E-state index contributed by atoms with van der Waals surface area (Å²) in [7, 11) is 1.82. The Morgan fingerprint density at radius 1 is 0.947 bits per heavy atom. The summed E-state index contributed by atoms with van der Waals surface area (Å²) in [5, 5.41) is 4.33. The van der Waals surface area contributed by atoms with Crippen LogP contribution in [0.4, 0.5) is 5.69 Å². The van der Waals surface area contributed by atoms with Crippen LogP contribution in [0.1, 0.15) is 0 Å². The average molecular weight is 251 g/mol. The van der Waals surface area contributed by atoms with Crippen molar-refractivity contribution in [2.75, 3.05) is 0 Å². The number of aromatic nitrogens is 2. The van der Waals surface area contributed by atoms with Gasteiger partial charge in [-0.15, -0.1) is 5.10 Å². The second-order valence-corrected chi connectivity index (χ2v) is 4.13. The van der Waals surface area contributed by atoms with E-state index in [0.717, 1.165) is 11.3 Å². The Kier molecular flexibility index (Phi) is 2.98. The molecule has 1 heterocycles. The molecule has 3 aromatic rings. The van der Waals surface area contributed by atoms with Gasteiger partial charge in [0.15, 0.2) is 0 Å². The molecule has 0 radical (unpaired) electrons. The van der Waals surface area contributed by atoms with Crippen LogP contribution in [0.3, 0.4) is 0 Å². The second kappa shape index (κ2) is 4.94. The van der Waals surface area contributed by atoms with Gasteiger partial charge in [-0.1, -0.05) is 36.4 Å². The summed E-state index contributed by atoms with van der Waals surface area (Å²) in [6.07, 6.45) is 0. The van der Waals surface area contributed by atoms with E-state index in [1.807, 2.05) is 67.7 Å². The Morgan fingerprint density at radius 3 is 2.26 bits per heavy atom. The highest BCUT2D eigenvalue weighted by molar-refractivity contribution is 5.51. The standard InChI is InChI=1S/C15H13N3O/c1-18-15(16-13-10-6-3-7-11-13)19-14(17-18)12-8-4-2-5-9-12/h2-11H,1H3. The van der Waals surface area contributed by atoms with Crippen LogP contribution in [0.5, 0.6) is 0 Å². The molecule has 0 aliphatic carbocycles. The van der Waals surface area contributed by atoms with Gasteiger partial charge in [0.2, 0.25) is 5.89 Å². The number of nitrogens with zero attached hydrogens (tertiary/aromatic N) is 3. The van der Waals surface area contributed by atoms with E-state index in [0.29, 0.717) is 11.6 Å². The van der Waals surface area contributed by atoms with Crippen molar-refractivity contribution in [3.63, 3.8) is 0 Å². The molecule has 0 N–H and O–H groups in total. The van der Waals surface area contributed by atoms with Crippen molar-refractivity contribution in [3.05, 3.63) is 66.3 Å². The quantitative estimate of drug-likeness (QED) is 0.702. The fourth-order valence-corrected chi connectivity index (χ4v) is 1.76. The zero-order valence-electron chi connectivity index (χ0n) is 10.5. The average Bonchev–Trinajstić information content (AvgIpc) is 2.82. The minimum atomic E-state index is 0.477. The third-order valence-corrected chi connectivity index (χ3v) is 2.71. The van der Waals surface area contributed by atoms with Crippen molar-refractivity contribution in [1.82, 2.24) is 9.78 Å². The van der Waals surface area contributed by atoms with Crippen molar-refractivity contribution in [2.24, 2.45) is 12.0 Å². The molecule has 2 aromatic carbocycles. The molecule has 3 rings (SSSR count). The molecular formula is C15H13N3O. The summed E-state index contributed by atoms with van der Waals surface area (Å²) in [5.41, 5.74) is 2.26. The first-order valence-corrected chi connectivity index (χ1v) is 6.02. The number of hydrogen-bond donors (Lipinski definition) is 0. The zero-order valence-corrected chi connectivity index (χ0v) is 10.5. The van der Waals surface area contributed by atoms with E-state index >= 15 is 0 Å². The molecule has 19 heavy (non-hydrogen) atoms. The highest BCUT2D eigenvalue weighted by Gasteiger charge is 2.05. The lowest BCUT2D eigenvalue weighted by molar-refractivity contribution is 0.487. The van der Waals surface area contributed by atoms with E-state index in [1.165, 1.54) is 0 Å².